The van der Waals surface area contributed by atoms with Gasteiger partial charge in [0.15, 0.2) is 0 Å². The fraction of sp³-hybridized carbons (Fsp3) is 0.500. The topological polar surface area (TPSA) is 26.3 Å². The van der Waals surface area contributed by atoms with Crippen molar-refractivity contribution in [3.63, 3.8) is 0 Å². The van der Waals surface area contributed by atoms with Crippen LogP contribution in [0.1, 0.15) is 20.3 Å². The van der Waals surface area contributed by atoms with Crippen LogP contribution in [0.5, 0.6) is 0 Å². The van der Waals surface area contributed by atoms with Crippen molar-refractivity contribution < 1.29 is 9.53 Å². The summed E-state index contributed by atoms with van der Waals surface area (Å²) in [5.74, 6) is -0.343. The Bertz CT molecular complexity index is 296. The third kappa shape index (κ3) is 2.52. The second kappa shape index (κ2) is 4.37. The van der Waals surface area contributed by atoms with Gasteiger partial charge in [0.2, 0.25) is 0 Å². The molecule has 0 radical (unpaired) electrons. The molecule has 0 N–H and O–H groups in total. The number of allylic oxidation sites excluding steroid dienone is 2. The van der Waals surface area contributed by atoms with Gasteiger partial charge >= 0.3 is 5.97 Å². The smallest absolute Gasteiger partial charge is 0.303 e. The summed E-state index contributed by atoms with van der Waals surface area (Å²) in [5.41, 5.74) is 0. The first kappa shape index (κ1) is 11.6. The summed E-state index contributed by atoms with van der Waals surface area (Å²) < 4.78 is 5.09. The van der Waals surface area contributed by atoms with Gasteiger partial charge in [-0.05, 0) is 24.6 Å². The Morgan fingerprint density at radius 1 is 1.71 bits per heavy atom. The minimum atomic E-state index is -0.711. The first-order valence-electron chi connectivity index (χ1n) is 4.40. The van der Waals surface area contributed by atoms with E-state index in [0.717, 1.165) is 0 Å². The van der Waals surface area contributed by atoms with Crippen LogP contribution in [0.15, 0.2) is 23.3 Å². The molecule has 2 unspecified atom stereocenters. The molecule has 0 aromatic heterocycles. The van der Waals surface area contributed by atoms with Crippen LogP contribution in [0.3, 0.4) is 0 Å². The summed E-state index contributed by atoms with van der Waals surface area (Å²) >= 11 is 12.1. The number of carbonyl (C=O) groups is 1. The van der Waals surface area contributed by atoms with Crippen LogP contribution in [0, 0.1) is 0 Å². The van der Waals surface area contributed by atoms with Gasteiger partial charge in [0, 0.05) is 12.0 Å². The number of ether oxygens (including phenoxy) is 1. The van der Waals surface area contributed by atoms with Gasteiger partial charge < -0.3 is 4.74 Å². The Balaban J connectivity index is 2.86. The van der Waals surface area contributed by atoms with Crippen LogP contribution < -0.4 is 0 Å². The van der Waals surface area contributed by atoms with Gasteiger partial charge in [0.1, 0.15) is 11.0 Å². The van der Waals surface area contributed by atoms with Crippen LogP contribution in [0.2, 0.25) is 0 Å². The summed E-state index contributed by atoms with van der Waals surface area (Å²) in [6.07, 6.45) is 5.32. The number of esters is 1. The molecular weight excluding hydrogens is 223 g/mol. The van der Waals surface area contributed by atoms with Crippen molar-refractivity contribution in [3.8, 4) is 0 Å². The van der Waals surface area contributed by atoms with Gasteiger partial charge in [-0.15, -0.1) is 11.6 Å². The van der Waals surface area contributed by atoms with Gasteiger partial charge in [0.05, 0.1) is 0 Å². The van der Waals surface area contributed by atoms with Crippen LogP contribution in [0.25, 0.3) is 0 Å². The van der Waals surface area contributed by atoms with Crippen molar-refractivity contribution in [2.75, 3.05) is 0 Å². The number of alkyl halides is 1. The quantitative estimate of drug-likeness (QED) is 0.543. The summed E-state index contributed by atoms with van der Waals surface area (Å²) in [6, 6.07) is 0. The van der Waals surface area contributed by atoms with Gasteiger partial charge in [-0.1, -0.05) is 18.5 Å². The number of hydrogen-bond acceptors (Lipinski definition) is 2. The van der Waals surface area contributed by atoms with E-state index >= 15 is 0 Å². The van der Waals surface area contributed by atoms with E-state index in [1.807, 2.05) is 6.92 Å². The molecule has 2 atom stereocenters. The molecule has 4 heteroatoms. The monoisotopic (exact) mass is 234 g/mol. The molecule has 0 fully saturated rings. The largest absolute Gasteiger partial charge is 0.456 e. The summed E-state index contributed by atoms with van der Waals surface area (Å²) in [6.45, 7) is 3.28. The summed E-state index contributed by atoms with van der Waals surface area (Å²) in [4.78, 5) is 10.1. The molecule has 1 aliphatic carbocycles. The van der Waals surface area contributed by atoms with Crippen molar-refractivity contribution in [1.82, 2.24) is 0 Å². The maximum atomic E-state index is 10.8. The maximum absolute atomic E-state index is 10.8. The third-order valence-corrected chi connectivity index (χ3v) is 2.94. The highest BCUT2D eigenvalue weighted by molar-refractivity contribution is 6.33. The summed E-state index contributed by atoms with van der Waals surface area (Å²) in [5, 5.41) is 0.574. The molecule has 14 heavy (non-hydrogen) atoms. The van der Waals surface area contributed by atoms with E-state index in [4.69, 9.17) is 27.9 Å². The molecule has 0 saturated heterocycles. The number of rotatable bonds is 2. The first-order chi connectivity index (χ1) is 6.48. The highest BCUT2D eigenvalue weighted by Crippen LogP contribution is 2.34. The van der Waals surface area contributed by atoms with Crippen molar-refractivity contribution in [3.05, 3.63) is 23.3 Å². The van der Waals surface area contributed by atoms with E-state index in [1.165, 1.54) is 6.92 Å². The molecule has 0 saturated carbocycles. The molecule has 0 aromatic carbocycles. The number of carbonyl (C=O) groups excluding carboxylic acids is 1. The van der Waals surface area contributed by atoms with E-state index < -0.39 is 11.0 Å². The molecule has 0 aromatic rings. The second-order valence-electron chi connectivity index (χ2n) is 3.20. The molecular formula is C10H12Cl2O2. The van der Waals surface area contributed by atoms with Crippen molar-refractivity contribution in [2.45, 2.75) is 31.2 Å². The van der Waals surface area contributed by atoms with Crippen molar-refractivity contribution >= 4 is 29.2 Å². The Morgan fingerprint density at radius 2 is 2.36 bits per heavy atom. The van der Waals surface area contributed by atoms with E-state index in [2.05, 4.69) is 0 Å². The zero-order valence-corrected chi connectivity index (χ0v) is 9.60. The van der Waals surface area contributed by atoms with E-state index in [-0.39, 0.29) is 5.97 Å². The molecule has 0 bridgehead atoms. The lowest BCUT2D eigenvalue weighted by molar-refractivity contribution is -0.145. The average Bonchev–Trinajstić information content (AvgIpc) is 2.10. The molecule has 0 spiro atoms. The molecule has 78 valence electrons. The lowest BCUT2D eigenvalue weighted by Gasteiger charge is -2.31. The van der Waals surface area contributed by atoms with E-state index in [0.29, 0.717) is 11.5 Å². The Labute approximate surface area is 93.5 Å². The van der Waals surface area contributed by atoms with E-state index in [9.17, 15) is 4.79 Å². The van der Waals surface area contributed by atoms with Crippen molar-refractivity contribution in [1.29, 1.82) is 0 Å². The van der Waals surface area contributed by atoms with Crippen LogP contribution in [-0.4, -0.2) is 16.9 Å². The zero-order chi connectivity index (χ0) is 10.8. The second-order valence-corrected chi connectivity index (χ2v) is 4.34. The van der Waals surface area contributed by atoms with Crippen LogP contribution >= 0.6 is 23.2 Å². The predicted octanol–water partition coefficient (Wildman–Crippen LogP) is 3.00. The fourth-order valence-corrected chi connectivity index (χ4v) is 1.88. The number of hydrogen-bond donors (Lipinski definition) is 0. The molecule has 0 aliphatic heterocycles. The number of halogens is 2. The highest BCUT2D eigenvalue weighted by Gasteiger charge is 2.36. The van der Waals surface area contributed by atoms with Gasteiger partial charge in [-0.25, -0.2) is 0 Å². The summed E-state index contributed by atoms with van der Waals surface area (Å²) in [7, 11) is 0. The van der Waals surface area contributed by atoms with Gasteiger partial charge in [0.25, 0.3) is 0 Å². The lowest BCUT2D eigenvalue weighted by Crippen LogP contribution is -2.38. The van der Waals surface area contributed by atoms with Gasteiger partial charge in [-0.2, -0.15) is 0 Å². The van der Waals surface area contributed by atoms with Crippen molar-refractivity contribution in [2.24, 2.45) is 0 Å². The Kier molecular flexibility index (Phi) is 3.62. The zero-order valence-electron chi connectivity index (χ0n) is 8.09. The minimum absolute atomic E-state index is 0.343. The highest BCUT2D eigenvalue weighted by atomic mass is 35.5. The standard InChI is InChI=1S/C10H12Cl2O2/c1-3-10(12)6-8(11)4-5-9(10)14-7(2)13/h4-6,9H,3H2,1-2H3. The third-order valence-electron chi connectivity index (χ3n) is 2.12. The Hall–Kier alpha value is -0.470. The lowest BCUT2D eigenvalue weighted by atomic mass is 9.94. The molecule has 0 amide bonds. The predicted molar refractivity (Wildman–Crippen MR) is 57.5 cm³/mol. The molecule has 2 nitrogen and oxygen atoms in total. The molecule has 1 rings (SSSR count). The van der Waals surface area contributed by atoms with Crippen LogP contribution in [0.4, 0.5) is 0 Å². The molecule has 0 heterocycles. The Morgan fingerprint density at radius 3 is 2.86 bits per heavy atom. The van der Waals surface area contributed by atoms with Gasteiger partial charge in [-0.3, -0.25) is 4.79 Å². The minimum Gasteiger partial charge on any atom is -0.456 e. The van der Waals surface area contributed by atoms with Crippen LogP contribution in [-0.2, 0) is 9.53 Å². The maximum Gasteiger partial charge on any atom is 0.303 e. The normalized spacial score (nSPS) is 31.1. The first-order valence-corrected chi connectivity index (χ1v) is 5.16. The molecule has 1 aliphatic rings. The van der Waals surface area contributed by atoms with E-state index in [1.54, 1.807) is 18.2 Å². The fourth-order valence-electron chi connectivity index (χ4n) is 1.32. The average molecular weight is 235 g/mol. The SMILES string of the molecule is CCC1(Cl)C=C(Cl)C=CC1OC(C)=O.